The van der Waals surface area contributed by atoms with Crippen LogP contribution in [0.15, 0.2) is 60.9 Å². The Morgan fingerprint density at radius 2 is 2.00 bits per heavy atom. The van der Waals surface area contributed by atoms with Gasteiger partial charge in [0.05, 0.1) is 28.3 Å². The highest BCUT2D eigenvalue weighted by Gasteiger charge is 2.18. The van der Waals surface area contributed by atoms with Crippen LogP contribution in [0, 0.1) is 12.7 Å². The Bertz CT molecular complexity index is 1340. The highest BCUT2D eigenvalue weighted by atomic mass is 35.5. The zero-order valence-electron chi connectivity index (χ0n) is 17.3. The van der Waals surface area contributed by atoms with E-state index in [-0.39, 0.29) is 23.3 Å². The maximum Gasteiger partial charge on any atom is 0.229 e. The van der Waals surface area contributed by atoms with Gasteiger partial charge in [-0.05, 0) is 42.8 Å². The topological polar surface area (TPSA) is 79.6 Å². The summed E-state index contributed by atoms with van der Waals surface area (Å²) in [5, 5.41) is 7.01. The molecule has 0 saturated heterocycles. The fraction of sp³-hybridized carbons (Fsp3) is 0.130. The van der Waals surface area contributed by atoms with E-state index in [1.54, 1.807) is 35.0 Å². The van der Waals surface area contributed by atoms with E-state index in [0.717, 1.165) is 11.2 Å². The number of hydrogen-bond acceptors (Lipinski definition) is 4. The molecule has 4 rings (SSSR count). The molecule has 0 aliphatic carbocycles. The normalized spacial score (nSPS) is 10.9. The third-order valence-corrected chi connectivity index (χ3v) is 5.21. The van der Waals surface area contributed by atoms with Gasteiger partial charge >= 0.3 is 0 Å². The lowest BCUT2D eigenvalue weighted by Crippen LogP contribution is -2.24. The van der Waals surface area contributed by atoms with E-state index in [9.17, 15) is 14.0 Å². The minimum Gasteiger partial charge on any atom is -0.326 e. The first kappa shape index (κ1) is 21.5. The Morgan fingerprint density at radius 1 is 1.19 bits per heavy atom. The van der Waals surface area contributed by atoms with Gasteiger partial charge < -0.3 is 5.32 Å². The predicted molar refractivity (Wildman–Crippen MR) is 121 cm³/mol. The second kappa shape index (κ2) is 8.76. The Morgan fingerprint density at radius 3 is 2.78 bits per heavy atom. The van der Waals surface area contributed by atoms with E-state index < -0.39 is 5.82 Å². The zero-order chi connectivity index (χ0) is 22.8. The summed E-state index contributed by atoms with van der Waals surface area (Å²) in [7, 11) is 0. The molecular weight excluding hydrogens is 433 g/mol. The summed E-state index contributed by atoms with van der Waals surface area (Å²) in [5.74, 6) is -0.849. The maximum atomic E-state index is 13.6. The van der Waals surface area contributed by atoms with Gasteiger partial charge in [-0.1, -0.05) is 23.7 Å². The lowest BCUT2D eigenvalue weighted by Gasteiger charge is -2.21. The number of carbonyl (C=O) groups excluding carboxylic acids is 2. The van der Waals surface area contributed by atoms with E-state index in [4.69, 9.17) is 11.6 Å². The van der Waals surface area contributed by atoms with Crippen LogP contribution in [-0.4, -0.2) is 26.4 Å². The number of aryl methyl sites for hydroxylation is 1. The summed E-state index contributed by atoms with van der Waals surface area (Å²) >= 11 is 5.94. The fourth-order valence-electron chi connectivity index (χ4n) is 3.41. The molecule has 0 radical (unpaired) electrons. The number of carbonyl (C=O) groups is 2. The summed E-state index contributed by atoms with van der Waals surface area (Å²) < 4.78 is 15.3. The molecule has 4 aromatic rings. The third-order valence-electron chi connectivity index (χ3n) is 4.78. The van der Waals surface area contributed by atoms with E-state index >= 15 is 0 Å². The molecule has 1 N–H and O–H groups in total. The molecule has 9 heteroatoms. The predicted octanol–water partition coefficient (Wildman–Crippen LogP) is 4.70. The monoisotopic (exact) mass is 451 g/mol. The molecule has 3 heterocycles. The second-order valence-electron chi connectivity index (χ2n) is 7.24. The van der Waals surface area contributed by atoms with E-state index in [1.807, 2.05) is 19.1 Å². The second-order valence-corrected chi connectivity index (χ2v) is 7.61. The largest absolute Gasteiger partial charge is 0.326 e. The first-order valence-corrected chi connectivity index (χ1v) is 10.1. The van der Waals surface area contributed by atoms with Crippen LogP contribution in [0.1, 0.15) is 18.2 Å². The molecule has 0 fully saturated rings. The number of aromatic nitrogens is 3. The number of benzene rings is 1. The molecular formula is C23H19ClFN5O2. The van der Waals surface area contributed by atoms with Gasteiger partial charge in [0, 0.05) is 31.1 Å². The lowest BCUT2D eigenvalue weighted by atomic mass is 10.1. The minimum absolute atomic E-state index is 0.0775. The van der Waals surface area contributed by atoms with Crippen LogP contribution in [0.4, 0.5) is 21.6 Å². The van der Waals surface area contributed by atoms with Gasteiger partial charge in [0.1, 0.15) is 11.6 Å². The summed E-state index contributed by atoms with van der Waals surface area (Å²) in [6, 6.07) is 13.0. The fourth-order valence-corrected chi connectivity index (χ4v) is 3.60. The van der Waals surface area contributed by atoms with Crippen LogP contribution in [0.3, 0.4) is 0 Å². The van der Waals surface area contributed by atoms with Crippen molar-refractivity contribution in [3.8, 4) is 0 Å². The first-order chi connectivity index (χ1) is 15.3. The number of fused-ring (bicyclic) bond motifs is 1. The van der Waals surface area contributed by atoms with Gasteiger partial charge in [-0.2, -0.15) is 5.10 Å². The van der Waals surface area contributed by atoms with Crippen molar-refractivity contribution in [1.82, 2.24) is 14.6 Å². The van der Waals surface area contributed by atoms with Crippen molar-refractivity contribution in [1.29, 1.82) is 0 Å². The number of nitrogens with zero attached hydrogens (tertiary/aromatic N) is 4. The van der Waals surface area contributed by atoms with Crippen LogP contribution in [-0.2, 0) is 16.0 Å². The van der Waals surface area contributed by atoms with E-state index in [0.29, 0.717) is 22.8 Å². The summed E-state index contributed by atoms with van der Waals surface area (Å²) in [5.41, 5.74) is 3.14. The molecule has 0 atom stereocenters. The Labute approximate surface area is 188 Å². The molecule has 0 aliphatic rings. The van der Waals surface area contributed by atoms with Crippen molar-refractivity contribution >= 4 is 46.1 Å². The quantitative estimate of drug-likeness (QED) is 0.477. The third kappa shape index (κ3) is 4.45. The highest BCUT2D eigenvalue weighted by molar-refractivity contribution is 6.31. The molecule has 0 aliphatic heterocycles. The number of anilines is 3. The Hall–Kier alpha value is -3.78. The van der Waals surface area contributed by atoms with Crippen LogP contribution in [0.2, 0.25) is 5.02 Å². The van der Waals surface area contributed by atoms with Crippen molar-refractivity contribution in [3.05, 3.63) is 83.0 Å². The number of halogens is 2. The molecule has 3 aromatic heterocycles. The summed E-state index contributed by atoms with van der Waals surface area (Å²) in [6.45, 7) is 3.32. The summed E-state index contributed by atoms with van der Waals surface area (Å²) in [4.78, 5) is 30.7. The maximum absolute atomic E-state index is 13.6. The molecule has 162 valence electrons. The van der Waals surface area contributed by atoms with Crippen LogP contribution in [0.5, 0.6) is 0 Å². The number of rotatable bonds is 5. The molecule has 2 amide bonds. The molecule has 0 saturated carbocycles. The van der Waals surface area contributed by atoms with Crippen molar-refractivity contribution in [2.75, 3.05) is 10.2 Å². The van der Waals surface area contributed by atoms with Gasteiger partial charge in [-0.25, -0.2) is 13.9 Å². The van der Waals surface area contributed by atoms with Gasteiger partial charge in [0.2, 0.25) is 11.8 Å². The molecule has 0 unspecified atom stereocenters. The van der Waals surface area contributed by atoms with Crippen LogP contribution in [0.25, 0.3) is 5.52 Å². The average Bonchev–Trinajstić information content (AvgIpc) is 3.11. The first-order valence-electron chi connectivity index (χ1n) is 9.77. The van der Waals surface area contributed by atoms with Crippen molar-refractivity contribution < 1.29 is 14.0 Å². The molecule has 0 spiro atoms. The van der Waals surface area contributed by atoms with Crippen molar-refractivity contribution in [2.24, 2.45) is 0 Å². The number of hydrogen-bond donors (Lipinski definition) is 1. The number of nitrogens with one attached hydrogen (secondary N) is 1. The molecule has 1 aromatic carbocycles. The SMILES string of the molecule is CC(=O)N(c1ccn2nc(C)cc2c1)c1cc(NC(=O)Cc2cccc(F)c2Cl)ccn1. The molecule has 7 nitrogen and oxygen atoms in total. The summed E-state index contributed by atoms with van der Waals surface area (Å²) in [6.07, 6.45) is 3.17. The highest BCUT2D eigenvalue weighted by Crippen LogP contribution is 2.27. The Balaban J connectivity index is 1.58. The van der Waals surface area contributed by atoms with E-state index in [2.05, 4.69) is 15.4 Å². The van der Waals surface area contributed by atoms with E-state index in [1.165, 1.54) is 30.2 Å². The zero-order valence-corrected chi connectivity index (χ0v) is 18.1. The van der Waals surface area contributed by atoms with Gasteiger partial charge in [0.15, 0.2) is 0 Å². The van der Waals surface area contributed by atoms with Crippen LogP contribution >= 0.6 is 11.6 Å². The van der Waals surface area contributed by atoms with Gasteiger partial charge in [-0.3, -0.25) is 14.5 Å². The van der Waals surface area contributed by atoms with Crippen molar-refractivity contribution in [3.63, 3.8) is 0 Å². The lowest BCUT2D eigenvalue weighted by molar-refractivity contribution is -0.116. The Kier molecular flexibility index (Phi) is 5.87. The standard InChI is InChI=1S/C23H19ClFN5O2/c1-14-10-19-13-18(7-9-29(19)28-14)30(15(2)31)21-12-17(6-8-26-21)27-22(32)11-16-4-3-5-20(25)23(16)24/h3-10,12-13H,11H2,1-2H3,(H,26,27,32). The van der Waals surface area contributed by atoms with Crippen molar-refractivity contribution in [2.45, 2.75) is 20.3 Å². The van der Waals surface area contributed by atoms with Gasteiger partial charge in [0.25, 0.3) is 0 Å². The van der Waals surface area contributed by atoms with Gasteiger partial charge in [-0.15, -0.1) is 0 Å². The number of amides is 2. The number of pyridine rings is 2. The molecule has 0 bridgehead atoms. The minimum atomic E-state index is -0.578. The average molecular weight is 452 g/mol. The van der Waals surface area contributed by atoms with Crippen LogP contribution < -0.4 is 10.2 Å². The smallest absolute Gasteiger partial charge is 0.229 e. The molecule has 32 heavy (non-hydrogen) atoms.